The number of guanidine groups is 1. The fraction of sp³-hybridized carbons (Fsp3) is 0.368. The van der Waals surface area contributed by atoms with E-state index in [1.165, 1.54) is 0 Å². The summed E-state index contributed by atoms with van der Waals surface area (Å²) >= 11 is 1.68. The van der Waals surface area contributed by atoms with Crippen LogP contribution in [0, 0.1) is 20.8 Å². The molecular weight excluding hydrogens is 358 g/mol. The molecule has 0 radical (unpaired) electrons. The average molecular weight is 384 g/mol. The molecule has 3 aromatic rings. The van der Waals surface area contributed by atoms with Gasteiger partial charge in [0.05, 0.1) is 16.4 Å². The number of hydrogen-bond acceptors (Lipinski definition) is 5. The van der Waals surface area contributed by atoms with Gasteiger partial charge >= 0.3 is 0 Å². The van der Waals surface area contributed by atoms with E-state index < -0.39 is 0 Å². The molecule has 7 nitrogen and oxygen atoms in total. The minimum absolute atomic E-state index is 0.653. The lowest BCUT2D eigenvalue weighted by Gasteiger charge is -2.11. The second-order valence-corrected chi connectivity index (χ2v) is 7.39. The van der Waals surface area contributed by atoms with Gasteiger partial charge in [0.2, 0.25) is 0 Å². The first-order valence-corrected chi connectivity index (χ1v) is 9.77. The number of rotatable bonds is 6. The van der Waals surface area contributed by atoms with Crippen LogP contribution in [0.3, 0.4) is 0 Å². The first-order valence-electron chi connectivity index (χ1n) is 8.89. The molecule has 0 bridgehead atoms. The van der Waals surface area contributed by atoms with E-state index in [9.17, 15) is 0 Å². The van der Waals surface area contributed by atoms with Crippen LogP contribution in [-0.2, 0) is 13.0 Å². The van der Waals surface area contributed by atoms with E-state index >= 15 is 0 Å². The molecular formula is C19H25N7S. The van der Waals surface area contributed by atoms with E-state index in [2.05, 4.69) is 42.1 Å². The van der Waals surface area contributed by atoms with Gasteiger partial charge < -0.3 is 10.6 Å². The van der Waals surface area contributed by atoms with Gasteiger partial charge in [0, 0.05) is 43.8 Å². The second-order valence-electron chi connectivity index (χ2n) is 6.32. The number of aromatic nitrogens is 4. The smallest absolute Gasteiger partial charge is 0.191 e. The molecule has 0 fully saturated rings. The van der Waals surface area contributed by atoms with Crippen molar-refractivity contribution in [1.82, 2.24) is 30.4 Å². The predicted molar refractivity (Wildman–Crippen MR) is 110 cm³/mol. The van der Waals surface area contributed by atoms with Crippen molar-refractivity contribution >= 4 is 17.3 Å². The highest BCUT2D eigenvalue weighted by Crippen LogP contribution is 2.10. The van der Waals surface area contributed by atoms with Crippen molar-refractivity contribution in [3.8, 4) is 5.82 Å². The topological polar surface area (TPSA) is 80.0 Å². The van der Waals surface area contributed by atoms with Crippen molar-refractivity contribution in [1.29, 1.82) is 0 Å². The Kier molecular flexibility index (Phi) is 6.18. The maximum Gasteiger partial charge on any atom is 0.191 e. The van der Waals surface area contributed by atoms with Crippen molar-refractivity contribution in [2.45, 2.75) is 33.7 Å². The van der Waals surface area contributed by atoms with E-state index in [-0.39, 0.29) is 0 Å². The first-order chi connectivity index (χ1) is 13.0. The number of hydrogen-bond donors (Lipinski definition) is 2. The van der Waals surface area contributed by atoms with E-state index in [0.29, 0.717) is 6.54 Å². The van der Waals surface area contributed by atoms with Crippen LogP contribution in [0.2, 0.25) is 0 Å². The zero-order valence-electron chi connectivity index (χ0n) is 16.2. The Morgan fingerprint density at radius 3 is 2.67 bits per heavy atom. The highest BCUT2D eigenvalue weighted by atomic mass is 32.1. The third kappa shape index (κ3) is 5.13. The molecule has 0 saturated heterocycles. The summed E-state index contributed by atoms with van der Waals surface area (Å²) in [7, 11) is 1.77. The van der Waals surface area contributed by atoms with Crippen molar-refractivity contribution in [2.24, 2.45) is 4.99 Å². The average Bonchev–Trinajstić information content (AvgIpc) is 3.23. The van der Waals surface area contributed by atoms with Gasteiger partial charge in [-0.2, -0.15) is 5.10 Å². The van der Waals surface area contributed by atoms with Crippen LogP contribution in [0.25, 0.3) is 5.82 Å². The van der Waals surface area contributed by atoms with Crippen LogP contribution in [-0.4, -0.2) is 39.3 Å². The largest absolute Gasteiger partial charge is 0.356 e. The molecule has 0 saturated carbocycles. The van der Waals surface area contributed by atoms with Crippen molar-refractivity contribution < 1.29 is 0 Å². The van der Waals surface area contributed by atoms with E-state index in [0.717, 1.165) is 52.4 Å². The normalized spacial score (nSPS) is 11.6. The van der Waals surface area contributed by atoms with Crippen molar-refractivity contribution in [3.05, 3.63) is 57.4 Å². The molecule has 0 spiro atoms. The summed E-state index contributed by atoms with van der Waals surface area (Å²) in [5.74, 6) is 1.59. The van der Waals surface area contributed by atoms with Gasteiger partial charge in [0.25, 0.3) is 0 Å². The molecule has 2 N–H and O–H groups in total. The molecule has 8 heteroatoms. The molecule has 0 atom stereocenters. The van der Waals surface area contributed by atoms with E-state index in [1.54, 1.807) is 18.4 Å². The molecule has 0 amide bonds. The fourth-order valence-corrected chi connectivity index (χ4v) is 3.39. The van der Waals surface area contributed by atoms with Gasteiger partial charge in [0.1, 0.15) is 0 Å². The van der Waals surface area contributed by atoms with Crippen LogP contribution in [0.1, 0.15) is 27.7 Å². The number of thiazole rings is 1. The zero-order valence-corrected chi connectivity index (χ0v) is 17.0. The molecule has 27 heavy (non-hydrogen) atoms. The maximum atomic E-state index is 4.52. The SMILES string of the molecule is CN=C(NCCc1csc(C)n1)NCc1ccc(-n2nc(C)cc2C)nc1. The van der Waals surface area contributed by atoms with Crippen LogP contribution >= 0.6 is 11.3 Å². The molecule has 142 valence electrons. The summed E-state index contributed by atoms with van der Waals surface area (Å²) in [4.78, 5) is 13.3. The monoisotopic (exact) mass is 383 g/mol. The first kappa shape index (κ1) is 19.0. The third-order valence-electron chi connectivity index (χ3n) is 4.06. The highest BCUT2D eigenvalue weighted by molar-refractivity contribution is 7.09. The lowest BCUT2D eigenvalue weighted by atomic mass is 10.3. The summed E-state index contributed by atoms with van der Waals surface area (Å²) in [6, 6.07) is 6.08. The molecule has 0 aliphatic carbocycles. The number of aryl methyl sites for hydroxylation is 3. The molecule has 3 heterocycles. The van der Waals surface area contributed by atoms with Gasteiger partial charge in [0.15, 0.2) is 11.8 Å². The maximum absolute atomic E-state index is 4.52. The molecule has 0 aliphatic heterocycles. The molecule has 3 aromatic heterocycles. The number of aliphatic imine (C=N–C) groups is 1. The van der Waals surface area contributed by atoms with Crippen LogP contribution in [0.15, 0.2) is 34.8 Å². The molecule has 0 aromatic carbocycles. The number of nitrogens with one attached hydrogen (secondary N) is 2. The number of pyridine rings is 1. The minimum atomic E-state index is 0.653. The zero-order chi connectivity index (χ0) is 19.2. The van der Waals surface area contributed by atoms with E-state index in [1.807, 2.05) is 43.8 Å². The Morgan fingerprint density at radius 2 is 2.07 bits per heavy atom. The highest BCUT2D eigenvalue weighted by Gasteiger charge is 2.05. The van der Waals surface area contributed by atoms with Gasteiger partial charge in [-0.05, 0) is 38.5 Å². The lowest BCUT2D eigenvalue weighted by Crippen LogP contribution is -2.37. The Bertz CT molecular complexity index is 909. The summed E-state index contributed by atoms with van der Waals surface area (Å²) in [5.41, 5.74) is 4.26. The summed E-state index contributed by atoms with van der Waals surface area (Å²) in [6.45, 7) is 7.48. The van der Waals surface area contributed by atoms with Gasteiger partial charge in [-0.15, -0.1) is 11.3 Å². The third-order valence-corrected chi connectivity index (χ3v) is 4.88. The standard InChI is InChI=1S/C19H25N7S/c1-13-9-14(2)26(25-13)18-6-5-16(10-22-18)11-23-19(20-4)21-8-7-17-12-27-15(3)24-17/h5-6,9-10,12H,7-8,11H2,1-4H3,(H2,20,21,23). The lowest BCUT2D eigenvalue weighted by molar-refractivity contribution is 0.778. The fourth-order valence-electron chi connectivity index (χ4n) is 2.75. The second kappa shape index (κ2) is 8.77. The minimum Gasteiger partial charge on any atom is -0.356 e. The van der Waals surface area contributed by atoms with Gasteiger partial charge in [-0.3, -0.25) is 4.99 Å². The Hall–Kier alpha value is -2.74. The van der Waals surface area contributed by atoms with Crippen LogP contribution in [0.4, 0.5) is 0 Å². The van der Waals surface area contributed by atoms with Crippen molar-refractivity contribution in [2.75, 3.05) is 13.6 Å². The van der Waals surface area contributed by atoms with Crippen LogP contribution < -0.4 is 10.6 Å². The van der Waals surface area contributed by atoms with Crippen molar-refractivity contribution in [3.63, 3.8) is 0 Å². The van der Waals surface area contributed by atoms with Gasteiger partial charge in [-0.1, -0.05) is 6.07 Å². The number of nitrogens with zero attached hydrogens (tertiary/aromatic N) is 5. The molecule has 0 unspecified atom stereocenters. The Labute approximate surface area is 163 Å². The molecule has 0 aliphatic rings. The summed E-state index contributed by atoms with van der Waals surface area (Å²) in [6.07, 6.45) is 2.74. The Morgan fingerprint density at radius 1 is 1.22 bits per heavy atom. The quantitative estimate of drug-likeness (QED) is 0.505. The Balaban J connectivity index is 1.50. The van der Waals surface area contributed by atoms with Crippen LogP contribution in [0.5, 0.6) is 0 Å². The van der Waals surface area contributed by atoms with E-state index in [4.69, 9.17) is 0 Å². The van der Waals surface area contributed by atoms with Gasteiger partial charge in [-0.25, -0.2) is 14.6 Å². The predicted octanol–water partition coefficient (Wildman–Crippen LogP) is 2.56. The summed E-state index contributed by atoms with van der Waals surface area (Å²) < 4.78 is 1.85. The summed E-state index contributed by atoms with van der Waals surface area (Å²) in [5, 5.41) is 14.3. The molecule has 3 rings (SSSR count).